The molecule has 0 amide bonds. The van der Waals surface area contributed by atoms with Gasteiger partial charge in [-0.2, -0.15) is 0 Å². The number of nitrogens with zero attached hydrogens (tertiary/aromatic N) is 1. The Morgan fingerprint density at radius 1 is 1.18 bits per heavy atom. The Bertz CT molecular complexity index is 313. The first-order chi connectivity index (χ1) is 8.36. The van der Waals surface area contributed by atoms with Crippen molar-refractivity contribution in [3.8, 4) is 5.88 Å². The predicted molar refractivity (Wildman–Crippen MR) is 62.4 cm³/mol. The summed E-state index contributed by atoms with van der Waals surface area (Å²) in [5, 5.41) is 0. The Labute approximate surface area is 101 Å². The van der Waals surface area contributed by atoms with E-state index in [1.165, 1.54) is 6.20 Å². The molecule has 0 aliphatic rings. The van der Waals surface area contributed by atoms with E-state index in [0.29, 0.717) is 44.5 Å². The molecule has 0 aliphatic heterocycles. The molecule has 1 heterocycles. The van der Waals surface area contributed by atoms with Crippen LogP contribution < -0.4 is 4.74 Å². The first kappa shape index (κ1) is 13.6. The van der Waals surface area contributed by atoms with Gasteiger partial charge in [0.1, 0.15) is 6.61 Å². The first-order valence-corrected chi connectivity index (χ1v) is 5.56. The van der Waals surface area contributed by atoms with E-state index in [4.69, 9.17) is 14.2 Å². The second-order valence-electron chi connectivity index (χ2n) is 3.21. The van der Waals surface area contributed by atoms with Crippen LogP contribution in [0.3, 0.4) is 0 Å². The summed E-state index contributed by atoms with van der Waals surface area (Å²) >= 11 is 0. The van der Waals surface area contributed by atoms with Crippen LogP contribution in [0.2, 0.25) is 0 Å². The van der Waals surface area contributed by atoms with Gasteiger partial charge in [-0.3, -0.25) is 4.79 Å². The monoisotopic (exact) mass is 239 g/mol. The van der Waals surface area contributed by atoms with Crippen LogP contribution in [-0.4, -0.2) is 44.3 Å². The molecule has 0 atom stereocenters. The third kappa shape index (κ3) is 5.99. The molecule has 0 saturated heterocycles. The zero-order valence-electron chi connectivity index (χ0n) is 9.93. The molecule has 1 rings (SSSR count). The van der Waals surface area contributed by atoms with Crippen molar-refractivity contribution in [1.29, 1.82) is 0 Å². The SMILES string of the molecule is CCOCCOCCOc1ccc(C=O)cn1. The average molecular weight is 239 g/mol. The number of rotatable bonds is 9. The summed E-state index contributed by atoms with van der Waals surface area (Å²) in [4.78, 5) is 14.4. The normalized spacial score (nSPS) is 10.2. The van der Waals surface area contributed by atoms with E-state index < -0.39 is 0 Å². The lowest BCUT2D eigenvalue weighted by atomic mass is 10.3. The van der Waals surface area contributed by atoms with Crippen molar-refractivity contribution in [3.63, 3.8) is 0 Å². The van der Waals surface area contributed by atoms with Gasteiger partial charge in [0.15, 0.2) is 6.29 Å². The summed E-state index contributed by atoms with van der Waals surface area (Å²) in [7, 11) is 0. The molecule has 1 aromatic heterocycles. The molecule has 1 aromatic rings. The van der Waals surface area contributed by atoms with E-state index in [2.05, 4.69) is 4.98 Å². The minimum absolute atomic E-state index is 0.430. The lowest BCUT2D eigenvalue weighted by Crippen LogP contribution is -2.11. The Morgan fingerprint density at radius 3 is 2.59 bits per heavy atom. The Kier molecular flexibility index (Phi) is 6.93. The van der Waals surface area contributed by atoms with Gasteiger partial charge in [-0.1, -0.05) is 0 Å². The minimum atomic E-state index is 0.430. The van der Waals surface area contributed by atoms with Gasteiger partial charge in [-0.25, -0.2) is 4.98 Å². The third-order valence-electron chi connectivity index (χ3n) is 1.95. The number of hydrogen-bond donors (Lipinski definition) is 0. The number of aldehydes is 1. The highest BCUT2D eigenvalue weighted by molar-refractivity contribution is 5.73. The van der Waals surface area contributed by atoms with Crippen molar-refractivity contribution >= 4 is 6.29 Å². The zero-order chi connectivity index (χ0) is 12.3. The topological polar surface area (TPSA) is 57.7 Å². The Balaban J connectivity index is 2.07. The fourth-order valence-corrected chi connectivity index (χ4v) is 1.12. The molecule has 0 N–H and O–H groups in total. The van der Waals surface area contributed by atoms with Crippen molar-refractivity contribution in [3.05, 3.63) is 23.9 Å². The van der Waals surface area contributed by atoms with E-state index in [0.717, 1.165) is 6.29 Å². The smallest absolute Gasteiger partial charge is 0.213 e. The maximum atomic E-state index is 10.4. The van der Waals surface area contributed by atoms with E-state index >= 15 is 0 Å². The summed E-state index contributed by atoms with van der Waals surface area (Å²) < 4.78 is 15.7. The Hall–Kier alpha value is -1.46. The van der Waals surface area contributed by atoms with Gasteiger partial charge in [0.2, 0.25) is 5.88 Å². The van der Waals surface area contributed by atoms with E-state index in [1.807, 2.05) is 6.92 Å². The molecule has 5 nitrogen and oxygen atoms in total. The standard InChI is InChI=1S/C12H17NO4/c1-2-15-5-6-16-7-8-17-12-4-3-11(10-14)9-13-12/h3-4,9-10H,2,5-8H2,1H3. The molecule has 0 saturated carbocycles. The number of carbonyl (C=O) groups excluding carboxylic acids is 1. The average Bonchev–Trinajstić information content (AvgIpc) is 2.38. The molecule has 0 unspecified atom stereocenters. The number of aromatic nitrogens is 1. The molecule has 5 heteroatoms. The van der Waals surface area contributed by atoms with Crippen LogP contribution in [0.5, 0.6) is 5.88 Å². The maximum absolute atomic E-state index is 10.4. The maximum Gasteiger partial charge on any atom is 0.213 e. The fourth-order valence-electron chi connectivity index (χ4n) is 1.12. The summed E-state index contributed by atoms with van der Waals surface area (Å²) in [5.74, 6) is 0.490. The largest absolute Gasteiger partial charge is 0.475 e. The number of ether oxygens (including phenoxy) is 3. The molecule has 0 aromatic carbocycles. The summed E-state index contributed by atoms with van der Waals surface area (Å²) in [6.45, 7) is 4.73. The zero-order valence-corrected chi connectivity index (χ0v) is 9.93. The summed E-state index contributed by atoms with van der Waals surface area (Å²) in [5.41, 5.74) is 0.533. The van der Waals surface area contributed by atoms with Gasteiger partial charge < -0.3 is 14.2 Å². The number of hydrogen-bond acceptors (Lipinski definition) is 5. The van der Waals surface area contributed by atoms with E-state index in [1.54, 1.807) is 12.1 Å². The molecular formula is C12H17NO4. The molecule has 0 spiro atoms. The lowest BCUT2D eigenvalue weighted by molar-refractivity contribution is 0.0399. The number of pyridine rings is 1. The van der Waals surface area contributed by atoms with Crippen molar-refractivity contribution in [2.24, 2.45) is 0 Å². The van der Waals surface area contributed by atoms with Crippen LogP contribution in [0.1, 0.15) is 17.3 Å². The molecule has 0 radical (unpaired) electrons. The van der Waals surface area contributed by atoms with Gasteiger partial charge in [0.05, 0.1) is 19.8 Å². The van der Waals surface area contributed by atoms with Gasteiger partial charge in [-0.15, -0.1) is 0 Å². The van der Waals surface area contributed by atoms with Crippen LogP contribution >= 0.6 is 0 Å². The highest BCUT2D eigenvalue weighted by atomic mass is 16.5. The quantitative estimate of drug-likeness (QED) is 0.480. The fraction of sp³-hybridized carbons (Fsp3) is 0.500. The molecule has 0 bridgehead atoms. The van der Waals surface area contributed by atoms with Crippen molar-refractivity contribution in [2.75, 3.05) is 33.0 Å². The first-order valence-electron chi connectivity index (χ1n) is 5.56. The molecule has 0 aliphatic carbocycles. The second-order valence-corrected chi connectivity index (χ2v) is 3.21. The van der Waals surface area contributed by atoms with Crippen LogP contribution in [0, 0.1) is 0 Å². The molecular weight excluding hydrogens is 222 g/mol. The van der Waals surface area contributed by atoms with Gasteiger partial charge in [-0.05, 0) is 13.0 Å². The molecule has 94 valence electrons. The van der Waals surface area contributed by atoms with E-state index in [9.17, 15) is 4.79 Å². The van der Waals surface area contributed by atoms with Crippen molar-refractivity contribution in [2.45, 2.75) is 6.92 Å². The van der Waals surface area contributed by atoms with Crippen LogP contribution in [0.25, 0.3) is 0 Å². The van der Waals surface area contributed by atoms with Gasteiger partial charge in [0.25, 0.3) is 0 Å². The Morgan fingerprint density at radius 2 is 1.94 bits per heavy atom. The highest BCUT2D eigenvalue weighted by Gasteiger charge is 1.96. The minimum Gasteiger partial charge on any atom is -0.475 e. The van der Waals surface area contributed by atoms with E-state index in [-0.39, 0.29) is 0 Å². The van der Waals surface area contributed by atoms with Crippen LogP contribution in [0.4, 0.5) is 0 Å². The number of carbonyl (C=O) groups is 1. The highest BCUT2D eigenvalue weighted by Crippen LogP contribution is 2.05. The third-order valence-corrected chi connectivity index (χ3v) is 1.95. The van der Waals surface area contributed by atoms with Gasteiger partial charge >= 0.3 is 0 Å². The van der Waals surface area contributed by atoms with Crippen LogP contribution in [0.15, 0.2) is 18.3 Å². The molecule has 17 heavy (non-hydrogen) atoms. The predicted octanol–water partition coefficient (Wildman–Crippen LogP) is 1.33. The van der Waals surface area contributed by atoms with Gasteiger partial charge in [0, 0.05) is 24.4 Å². The molecule has 0 fully saturated rings. The van der Waals surface area contributed by atoms with Crippen molar-refractivity contribution < 1.29 is 19.0 Å². The van der Waals surface area contributed by atoms with Crippen LogP contribution in [-0.2, 0) is 9.47 Å². The summed E-state index contributed by atoms with van der Waals surface area (Å²) in [6, 6.07) is 3.31. The second kappa shape index (κ2) is 8.66. The summed E-state index contributed by atoms with van der Waals surface area (Å²) in [6.07, 6.45) is 2.21. The lowest BCUT2D eigenvalue weighted by Gasteiger charge is -2.06. The van der Waals surface area contributed by atoms with Crippen molar-refractivity contribution in [1.82, 2.24) is 4.98 Å².